The summed E-state index contributed by atoms with van der Waals surface area (Å²) in [4.78, 5) is 12.5. The molecule has 0 heterocycles. The van der Waals surface area contributed by atoms with Crippen LogP contribution in [0.2, 0.25) is 5.02 Å². The van der Waals surface area contributed by atoms with Crippen LogP contribution in [0.1, 0.15) is 56.7 Å². The Morgan fingerprint density at radius 2 is 1.86 bits per heavy atom. The maximum absolute atomic E-state index is 12.5. The largest absolute Gasteiger partial charge is 0.373 e. The van der Waals surface area contributed by atoms with Crippen molar-refractivity contribution in [2.45, 2.75) is 53.0 Å². The van der Waals surface area contributed by atoms with Crippen molar-refractivity contribution in [1.29, 1.82) is 0 Å². The van der Waals surface area contributed by atoms with E-state index in [1.807, 2.05) is 45.0 Å². The number of hydrazone groups is 1. The Morgan fingerprint density at radius 3 is 2.45 bits per heavy atom. The molecule has 0 radical (unpaired) electrons. The van der Waals surface area contributed by atoms with Gasteiger partial charge in [0.2, 0.25) is 0 Å². The van der Waals surface area contributed by atoms with Gasteiger partial charge in [-0.05, 0) is 66.6 Å². The summed E-state index contributed by atoms with van der Waals surface area (Å²) in [5, 5.41) is 8.04. The van der Waals surface area contributed by atoms with Crippen LogP contribution in [0, 0.1) is 6.92 Å². The van der Waals surface area contributed by atoms with Gasteiger partial charge in [-0.3, -0.25) is 4.79 Å². The first kappa shape index (κ1) is 22.7. The molecule has 4 nitrogen and oxygen atoms in total. The second-order valence-corrected chi connectivity index (χ2v) is 7.94. The summed E-state index contributed by atoms with van der Waals surface area (Å²) in [6.07, 6.45) is 4.33. The summed E-state index contributed by atoms with van der Waals surface area (Å²) < 4.78 is 0. The van der Waals surface area contributed by atoms with E-state index in [9.17, 15) is 4.79 Å². The van der Waals surface area contributed by atoms with Crippen molar-refractivity contribution in [3.8, 4) is 0 Å². The third-order valence-electron chi connectivity index (χ3n) is 4.68. The van der Waals surface area contributed by atoms with E-state index < -0.39 is 0 Å². The average Bonchev–Trinajstić information content (AvgIpc) is 2.67. The van der Waals surface area contributed by atoms with Crippen molar-refractivity contribution in [2.75, 3.05) is 5.32 Å². The average molecular weight is 412 g/mol. The monoisotopic (exact) mass is 411 g/mol. The SMILES string of the molecule is CC[C@H](Nc1ccc(Cl)cc1C)C(=O)N/N=C/C(C)=C\c1ccc(C(C)C)cc1. The van der Waals surface area contributed by atoms with Crippen LogP contribution in [0.4, 0.5) is 5.69 Å². The molecule has 0 aromatic heterocycles. The summed E-state index contributed by atoms with van der Waals surface area (Å²) in [6, 6.07) is 13.6. The van der Waals surface area contributed by atoms with Crippen LogP contribution in [-0.2, 0) is 4.79 Å². The van der Waals surface area contributed by atoms with Crippen molar-refractivity contribution in [3.63, 3.8) is 0 Å². The second-order valence-electron chi connectivity index (χ2n) is 7.51. The van der Waals surface area contributed by atoms with Crippen LogP contribution < -0.4 is 10.7 Å². The van der Waals surface area contributed by atoms with Crippen molar-refractivity contribution in [2.24, 2.45) is 5.10 Å². The van der Waals surface area contributed by atoms with Gasteiger partial charge in [0.1, 0.15) is 6.04 Å². The van der Waals surface area contributed by atoms with E-state index in [1.54, 1.807) is 6.21 Å². The number of nitrogens with one attached hydrogen (secondary N) is 2. The third kappa shape index (κ3) is 7.06. The number of aryl methyl sites for hydroxylation is 1. The van der Waals surface area contributed by atoms with E-state index in [-0.39, 0.29) is 11.9 Å². The predicted octanol–water partition coefficient (Wildman–Crippen LogP) is 6.17. The summed E-state index contributed by atoms with van der Waals surface area (Å²) in [6.45, 7) is 10.2. The molecule has 1 amide bonds. The first-order valence-electron chi connectivity index (χ1n) is 9.94. The van der Waals surface area contributed by atoms with Crippen LogP contribution in [0.25, 0.3) is 6.08 Å². The maximum atomic E-state index is 12.5. The van der Waals surface area contributed by atoms with Crippen molar-refractivity contribution in [1.82, 2.24) is 5.43 Å². The molecule has 5 heteroatoms. The Balaban J connectivity index is 1.95. The lowest BCUT2D eigenvalue weighted by Gasteiger charge is -2.18. The summed E-state index contributed by atoms with van der Waals surface area (Å²) >= 11 is 6.00. The van der Waals surface area contributed by atoms with Gasteiger partial charge in [-0.15, -0.1) is 0 Å². The normalized spacial score (nSPS) is 13.0. The first-order valence-corrected chi connectivity index (χ1v) is 10.3. The molecule has 2 N–H and O–H groups in total. The number of hydrogen-bond acceptors (Lipinski definition) is 3. The van der Waals surface area contributed by atoms with Gasteiger partial charge in [-0.2, -0.15) is 5.10 Å². The van der Waals surface area contributed by atoms with Gasteiger partial charge in [0.25, 0.3) is 5.91 Å². The molecular weight excluding hydrogens is 382 g/mol. The molecule has 0 unspecified atom stereocenters. The topological polar surface area (TPSA) is 53.5 Å². The number of nitrogens with zero attached hydrogens (tertiary/aromatic N) is 1. The van der Waals surface area contributed by atoms with Crippen LogP contribution in [-0.4, -0.2) is 18.2 Å². The van der Waals surface area contributed by atoms with E-state index >= 15 is 0 Å². The summed E-state index contributed by atoms with van der Waals surface area (Å²) in [7, 11) is 0. The highest BCUT2D eigenvalue weighted by molar-refractivity contribution is 6.30. The lowest BCUT2D eigenvalue weighted by molar-refractivity contribution is -0.121. The van der Waals surface area contributed by atoms with E-state index in [0.717, 1.165) is 22.4 Å². The predicted molar refractivity (Wildman–Crippen MR) is 125 cm³/mol. The smallest absolute Gasteiger partial charge is 0.262 e. The molecule has 1 atom stereocenters. The fourth-order valence-electron chi connectivity index (χ4n) is 2.88. The highest BCUT2D eigenvalue weighted by Gasteiger charge is 2.16. The van der Waals surface area contributed by atoms with Gasteiger partial charge in [0, 0.05) is 10.7 Å². The molecular formula is C24H30ClN3O. The van der Waals surface area contributed by atoms with Crippen LogP contribution in [0.15, 0.2) is 53.1 Å². The fraction of sp³-hybridized carbons (Fsp3) is 0.333. The van der Waals surface area contributed by atoms with Gasteiger partial charge >= 0.3 is 0 Å². The maximum Gasteiger partial charge on any atom is 0.262 e. The minimum Gasteiger partial charge on any atom is -0.373 e. The minimum absolute atomic E-state index is 0.174. The number of benzene rings is 2. The van der Waals surface area contributed by atoms with Crippen LogP contribution in [0.3, 0.4) is 0 Å². The molecule has 0 aliphatic carbocycles. The van der Waals surface area contributed by atoms with Crippen molar-refractivity contribution in [3.05, 3.63) is 69.8 Å². The number of allylic oxidation sites excluding steroid dienone is 1. The van der Waals surface area contributed by atoms with Gasteiger partial charge < -0.3 is 5.32 Å². The highest BCUT2D eigenvalue weighted by Crippen LogP contribution is 2.21. The molecule has 2 aromatic carbocycles. The van der Waals surface area contributed by atoms with Crippen LogP contribution in [0.5, 0.6) is 0 Å². The molecule has 0 fully saturated rings. The molecule has 0 saturated heterocycles. The van der Waals surface area contributed by atoms with Gasteiger partial charge in [-0.25, -0.2) is 5.43 Å². The molecule has 0 bridgehead atoms. The molecule has 2 aromatic rings. The van der Waals surface area contributed by atoms with E-state index in [2.05, 4.69) is 54.0 Å². The van der Waals surface area contributed by atoms with Crippen LogP contribution >= 0.6 is 11.6 Å². The van der Waals surface area contributed by atoms with Crippen molar-refractivity contribution >= 4 is 35.5 Å². The zero-order valence-corrected chi connectivity index (χ0v) is 18.5. The van der Waals surface area contributed by atoms with Gasteiger partial charge in [0.05, 0.1) is 6.21 Å². The first-order chi connectivity index (χ1) is 13.8. The zero-order valence-electron chi connectivity index (χ0n) is 17.8. The Bertz CT molecular complexity index is 885. The number of halogens is 1. The molecule has 0 spiro atoms. The Kier molecular flexibility index (Phi) is 8.47. The third-order valence-corrected chi connectivity index (χ3v) is 4.92. The number of rotatable bonds is 8. The molecule has 0 aliphatic rings. The number of anilines is 1. The highest BCUT2D eigenvalue weighted by atomic mass is 35.5. The second kappa shape index (κ2) is 10.8. The standard InChI is InChI=1S/C24H30ClN3O/c1-6-22(27-23-12-11-21(25)14-18(23)5)24(29)28-26-15-17(4)13-19-7-9-20(10-8-19)16(2)3/h7-16,22,27H,6H2,1-5H3,(H,28,29)/b17-13-,26-15+/t22-/m0/s1. The number of amides is 1. The Labute approximate surface area is 179 Å². The number of hydrogen-bond donors (Lipinski definition) is 2. The Hall–Kier alpha value is -2.59. The lowest BCUT2D eigenvalue weighted by atomic mass is 10.0. The molecule has 154 valence electrons. The minimum atomic E-state index is -0.375. The molecule has 2 rings (SSSR count). The van der Waals surface area contributed by atoms with E-state index in [0.29, 0.717) is 17.4 Å². The number of carbonyl (C=O) groups is 1. The zero-order chi connectivity index (χ0) is 21.4. The lowest BCUT2D eigenvalue weighted by Crippen LogP contribution is -2.37. The van der Waals surface area contributed by atoms with Gasteiger partial charge in [0.15, 0.2) is 0 Å². The van der Waals surface area contributed by atoms with Crippen molar-refractivity contribution < 1.29 is 4.79 Å². The number of carbonyl (C=O) groups excluding carboxylic acids is 1. The molecule has 0 saturated carbocycles. The summed E-state index contributed by atoms with van der Waals surface area (Å²) in [5.41, 5.74) is 7.89. The quantitative estimate of drug-likeness (QED) is 0.403. The van der Waals surface area contributed by atoms with E-state index in [4.69, 9.17) is 11.6 Å². The molecule has 0 aliphatic heterocycles. The Morgan fingerprint density at radius 1 is 1.17 bits per heavy atom. The van der Waals surface area contributed by atoms with Gasteiger partial charge in [-0.1, -0.05) is 62.7 Å². The molecule has 29 heavy (non-hydrogen) atoms. The summed E-state index contributed by atoms with van der Waals surface area (Å²) in [5.74, 6) is 0.342. The van der Waals surface area contributed by atoms with E-state index in [1.165, 1.54) is 5.56 Å². The fourth-order valence-corrected chi connectivity index (χ4v) is 3.11.